The monoisotopic (exact) mass is 376 g/mol. The van der Waals surface area contributed by atoms with Crippen molar-refractivity contribution in [1.29, 1.82) is 0 Å². The van der Waals surface area contributed by atoms with Crippen LogP contribution in [0.5, 0.6) is 0 Å². The Kier molecular flexibility index (Phi) is 4.70. The minimum Gasteiger partial charge on any atom is -0.360 e. The Morgan fingerprint density at radius 2 is 1.78 bits per heavy atom. The smallest absolute Gasteiger partial charge is 0.191 e. The maximum atomic E-state index is 6.44. The van der Waals surface area contributed by atoms with Gasteiger partial charge in [0.1, 0.15) is 23.9 Å². The van der Waals surface area contributed by atoms with E-state index >= 15 is 0 Å². The number of rotatable bonds is 5. The first-order chi connectivity index (χ1) is 12.7. The van der Waals surface area contributed by atoms with Crippen LogP contribution in [0.3, 0.4) is 0 Å². The van der Waals surface area contributed by atoms with Crippen LogP contribution in [0, 0.1) is 0 Å². The summed E-state index contributed by atoms with van der Waals surface area (Å²) >= 11 is 0. The van der Waals surface area contributed by atoms with Crippen LogP contribution in [0.1, 0.15) is 33.3 Å². The largest absolute Gasteiger partial charge is 0.360 e. The molecule has 0 aromatic heterocycles. The van der Waals surface area contributed by atoms with E-state index in [1.165, 1.54) is 0 Å². The van der Waals surface area contributed by atoms with Gasteiger partial charge in [0.25, 0.3) is 0 Å². The third-order valence-electron chi connectivity index (χ3n) is 5.25. The Labute approximate surface area is 160 Å². The van der Waals surface area contributed by atoms with Gasteiger partial charge in [-0.25, -0.2) is 0 Å². The fraction of sp³-hybridized carbons (Fsp3) is 0.619. The van der Waals surface area contributed by atoms with Crippen molar-refractivity contribution in [3.05, 3.63) is 48.6 Å². The highest BCUT2D eigenvalue weighted by Crippen LogP contribution is 2.48. The summed E-state index contributed by atoms with van der Waals surface area (Å²) in [5.41, 5.74) is 0.144. The zero-order valence-electron chi connectivity index (χ0n) is 16.3. The van der Waals surface area contributed by atoms with Crippen molar-refractivity contribution in [1.82, 2.24) is 0 Å². The summed E-state index contributed by atoms with van der Waals surface area (Å²) in [7, 11) is 0. The molecule has 3 heterocycles. The molecule has 1 aromatic rings. The van der Waals surface area contributed by atoms with E-state index in [2.05, 4.69) is 6.58 Å². The predicted molar refractivity (Wildman–Crippen MR) is 97.8 cm³/mol. The van der Waals surface area contributed by atoms with Gasteiger partial charge in [-0.2, -0.15) is 0 Å². The molecule has 0 amide bonds. The summed E-state index contributed by atoms with van der Waals surface area (Å²) in [6.45, 7) is 12.4. The van der Waals surface area contributed by atoms with Crippen molar-refractivity contribution in [2.24, 2.45) is 0 Å². The second kappa shape index (κ2) is 6.65. The molecule has 0 N–H and O–H groups in total. The SMILES string of the molecule is C=CC1(OCc2ccccc2)[C@@H]([C@H]2COC(C)(C)O2)O[C@@H]2OC(C)(C)O[C@@H]21. The van der Waals surface area contributed by atoms with Gasteiger partial charge in [0.15, 0.2) is 17.9 Å². The van der Waals surface area contributed by atoms with Crippen molar-refractivity contribution in [2.45, 2.75) is 76.1 Å². The summed E-state index contributed by atoms with van der Waals surface area (Å²) in [6, 6.07) is 9.99. The molecule has 0 saturated carbocycles. The lowest BCUT2D eigenvalue weighted by Crippen LogP contribution is -2.54. The first-order valence-corrected chi connectivity index (χ1v) is 9.39. The number of hydrogen-bond donors (Lipinski definition) is 0. The van der Waals surface area contributed by atoms with Gasteiger partial charge in [-0.1, -0.05) is 36.4 Å². The van der Waals surface area contributed by atoms with E-state index in [1.807, 2.05) is 58.0 Å². The maximum absolute atomic E-state index is 6.44. The van der Waals surface area contributed by atoms with Crippen molar-refractivity contribution >= 4 is 0 Å². The molecular formula is C21H28O6. The minimum absolute atomic E-state index is 0.310. The third kappa shape index (κ3) is 3.46. The molecule has 3 aliphatic heterocycles. The summed E-state index contributed by atoms with van der Waals surface area (Å²) < 4.78 is 36.6. The lowest BCUT2D eigenvalue weighted by molar-refractivity contribution is -0.248. The quantitative estimate of drug-likeness (QED) is 0.736. The van der Waals surface area contributed by atoms with Gasteiger partial charge >= 0.3 is 0 Å². The summed E-state index contributed by atoms with van der Waals surface area (Å²) in [6.07, 6.45) is 0.0171. The number of hydrogen-bond acceptors (Lipinski definition) is 6. The van der Waals surface area contributed by atoms with Crippen LogP contribution in [0.2, 0.25) is 0 Å². The van der Waals surface area contributed by atoms with Crippen molar-refractivity contribution in [2.75, 3.05) is 6.61 Å². The van der Waals surface area contributed by atoms with Gasteiger partial charge in [0.2, 0.25) is 0 Å². The normalized spacial score (nSPS) is 39.4. The van der Waals surface area contributed by atoms with E-state index in [1.54, 1.807) is 6.08 Å². The second-order valence-corrected chi connectivity index (χ2v) is 8.18. The van der Waals surface area contributed by atoms with Crippen LogP contribution < -0.4 is 0 Å². The van der Waals surface area contributed by atoms with E-state index in [0.29, 0.717) is 13.2 Å². The van der Waals surface area contributed by atoms with E-state index < -0.39 is 35.7 Å². The van der Waals surface area contributed by atoms with Crippen LogP contribution in [0.25, 0.3) is 0 Å². The fourth-order valence-corrected chi connectivity index (χ4v) is 4.03. The van der Waals surface area contributed by atoms with Crippen LogP contribution in [0.4, 0.5) is 0 Å². The predicted octanol–water partition coefficient (Wildman–Crippen LogP) is 3.16. The first-order valence-electron chi connectivity index (χ1n) is 9.39. The van der Waals surface area contributed by atoms with E-state index in [-0.39, 0.29) is 6.10 Å². The fourth-order valence-electron chi connectivity index (χ4n) is 4.03. The lowest BCUT2D eigenvalue weighted by atomic mass is 9.88. The lowest BCUT2D eigenvalue weighted by Gasteiger charge is -2.37. The molecule has 0 spiro atoms. The van der Waals surface area contributed by atoms with Gasteiger partial charge in [-0.15, -0.1) is 6.58 Å². The molecule has 0 aliphatic carbocycles. The average molecular weight is 376 g/mol. The van der Waals surface area contributed by atoms with Crippen LogP contribution in [-0.2, 0) is 35.0 Å². The summed E-state index contributed by atoms with van der Waals surface area (Å²) in [5, 5.41) is 0. The molecule has 0 bridgehead atoms. The zero-order valence-corrected chi connectivity index (χ0v) is 16.3. The van der Waals surface area contributed by atoms with Gasteiger partial charge in [0.05, 0.1) is 13.2 Å². The maximum Gasteiger partial charge on any atom is 0.191 e. The molecule has 1 aromatic carbocycles. The van der Waals surface area contributed by atoms with Gasteiger partial charge < -0.3 is 28.4 Å². The highest BCUT2D eigenvalue weighted by molar-refractivity contribution is 5.19. The highest BCUT2D eigenvalue weighted by atomic mass is 16.9. The molecule has 27 heavy (non-hydrogen) atoms. The number of benzene rings is 1. The molecule has 3 fully saturated rings. The van der Waals surface area contributed by atoms with Crippen LogP contribution in [-0.4, -0.2) is 48.4 Å². The molecule has 148 valence electrons. The van der Waals surface area contributed by atoms with E-state index in [0.717, 1.165) is 5.56 Å². The van der Waals surface area contributed by atoms with Gasteiger partial charge in [-0.05, 0) is 33.3 Å². The molecule has 6 heteroatoms. The second-order valence-electron chi connectivity index (χ2n) is 8.18. The third-order valence-corrected chi connectivity index (χ3v) is 5.25. The Bertz CT molecular complexity index is 687. The molecule has 0 radical (unpaired) electrons. The van der Waals surface area contributed by atoms with E-state index in [4.69, 9.17) is 28.4 Å². The molecule has 4 rings (SSSR count). The molecule has 1 unspecified atom stereocenters. The van der Waals surface area contributed by atoms with Crippen molar-refractivity contribution in [3.8, 4) is 0 Å². The Morgan fingerprint density at radius 3 is 2.41 bits per heavy atom. The summed E-state index contributed by atoms with van der Waals surface area (Å²) in [5.74, 6) is -1.42. The molecule has 5 atom stereocenters. The first kappa shape index (κ1) is 19.1. The molecule has 3 aliphatic rings. The summed E-state index contributed by atoms with van der Waals surface area (Å²) in [4.78, 5) is 0. The molecule has 6 nitrogen and oxygen atoms in total. The Morgan fingerprint density at radius 1 is 1.04 bits per heavy atom. The minimum atomic E-state index is -0.914. The van der Waals surface area contributed by atoms with Crippen molar-refractivity contribution in [3.63, 3.8) is 0 Å². The van der Waals surface area contributed by atoms with Gasteiger partial charge in [-0.3, -0.25) is 0 Å². The zero-order chi connectivity index (χ0) is 19.3. The topological polar surface area (TPSA) is 55.4 Å². The van der Waals surface area contributed by atoms with Crippen LogP contribution in [0.15, 0.2) is 43.0 Å². The van der Waals surface area contributed by atoms with Crippen molar-refractivity contribution < 1.29 is 28.4 Å². The molecule has 3 saturated heterocycles. The van der Waals surface area contributed by atoms with Gasteiger partial charge in [0, 0.05) is 0 Å². The van der Waals surface area contributed by atoms with Crippen LogP contribution >= 0.6 is 0 Å². The highest BCUT2D eigenvalue weighted by Gasteiger charge is 2.66. The number of ether oxygens (including phenoxy) is 6. The molecular weight excluding hydrogens is 348 g/mol. The Balaban J connectivity index is 1.62. The Hall–Kier alpha value is -1.28. The standard InChI is InChI=1S/C21H28O6/c1-6-21(23-12-14-10-8-7-9-11-14)16(15-13-22-19(2,3)25-15)24-18-17(21)26-20(4,5)27-18/h6-11,15-18H,1,12-13H2,2-5H3/t15-,16-,17+,18-,21?/m1/s1. The van der Waals surface area contributed by atoms with E-state index in [9.17, 15) is 0 Å². The number of fused-ring (bicyclic) bond motifs is 1. The average Bonchev–Trinajstić information content (AvgIpc) is 3.22.